The van der Waals surface area contributed by atoms with Crippen LogP contribution in [-0.4, -0.2) is 41.0 Å². The highest BCUT2D eigenvalue weighted by molar-refractivity contribution is 7.46. The van der Waals surface area contributed by atoms with Gasteiger partial charge in [-0.1, -0.05) is 103 Å². The van der Waals surface area contributed by atoms with Crippen molar-refractivity contribution in [3.05, 3.63) is 12.2 Å². The van der Waals surface area contributed by atoms with Gasteiger partial charge in [0.2, 0.25) is 0 Å². The number of unbranched alkanes of at least 4 members (excludes halogenated alkanes) is 14. The Hall–Kier alpha value is -1.21. The largest absolute Gasteiger partial charge is 0.469 e. The zero-order valence-electron chi connectivity index (χ0n) is 23.4. The zero-order valence-corrected chi connectivity index (χ0v) is 24.3. The summed E-state index contributed by atoms with van der Waals surface area (Å²) in [5.74, 6) is -0.901. The van der Waals surface area contributed by atoms with Crippen molar-refractivity contribution in [2.45, 2.75) is 142 Å². The Morgan fingerprint density at radius 2 is 1.19 bits per heavy atom. The molecule has 0 aliphatic carbocycles. The lowest BCUT2D eigenvalue weighted by molar-refractivity contribution is -0.161. The van der Waals surface area contributed by atoms with Crippen molar-refractivity contribution in [3.63, 3.8) is 0 Å². The Kier molecular flexibility index (Phi) is 24.3. The van der Waals surface area contributed by atoms with E-state index < -0.39 is 32.5 Å². The summed E-state index contributed by atoms with van der Waals surface area (Å²) in [6, 6.07) is 0. The van der Waals surface area contributed by atoms with Crippen molar-refractivity contribution in [2.75, 3.05) is 13.2 Å². The number of hydrogen-bond donors (Lipinski definition) is 2. The van der Waals surface area contributed by atoms with Crippen LogP contribution in [0, 0.1) is 0 Å². The van der Waals surface area contributed by atoms with Crippen LogP contribution in [0.4, 0.5) is 0 Å². The van der Waals surface area contributed by atoms with E-state index in [-0.39, 0.29) is 19.4 Å². The average Bonchev–Trinajstić information content (AvgIpc) is 2.85. The van der Waals surface area contributed by atoms with Crippen molar-refractivity contribution in [2.24, 2.45) is 0 Å². The van der Waals surface area contributed by atoms with E-state index in [0.717, 1.165) is 57.8 Å². The topological polar surface area (TPSA) is 119 Å². The molecule has 218 valence electrons. The van der Waals surface area contributed by atoms with Gasteiger partial charge in [-0.25, -0.2) is 4.57 Å². The van der Waals surface area contributed by atoms with Crippen LogP contribution in [0.1, 0.15) is 136 Å². The quantitative estimate of drug-likeness (QED) is 0.0492. The lowest BCUT2D eigenvalue weighted by atomic mass is 10.1. The molecule has 0 aliphatic heterocycles. The number of carbonyl (C=O) groups is 2. The maximum absolute atomic E-state index is 12.2. The molecule has 0 fully saturated rings. The van der Waals surface area contributed by atoms with Crippen LogP contribution in [0.25, 0.3) is 0 Å². The predicted octanol–water partition coefficient (Wildman–Crippen LogP) is 7.56. The molecule has 0 rings (SSSR count). The number of hydrogen-bond acceptors (Lipinski definition) is 6. The highest BCUT2D eigenvalue weighted by atomic mass is 31.2. The Balaban J connectivity index is 4.10. The lowest BCUT2D eigenvalue weighted by Gasteiger charge is -2.18. The van der Waals surface area contributed by atoms with Crippen LogP contribution < -0.4 is 0 Å². The van der Waals surface area contributed by atoms with Crippen molar-refractivity contribution >= 4 is 19.8 Å². The minimum atomic E-state index is -4.73. The molecule has 0 saturated heterocycles. The highest BCUT2D eigenvalue weighted by Crippen LogP contribution is 2.35. The molecule has 0 radical (unpaired) electrons. The summed E-state index contributed by atoms with van der Waals surface area (Å²) in [4.78, 5) is 42.2. The van der Waals surface area contributed by atoms with E-state index in [0.29, 0.717) is 6.42 Å². The summed E-state index contributed by atoms with van der Waals surface area (Å²) in [5.41, 5.74) is 0. The third-order valence-corrected chi connectivity index (χ3v) is 6.50. The summed E-state index contributed by atoms with van der Waals surface area (Å²) in [6.45, 7) is 3.54. The van der Waals surface area contributed by atoms with Gasteiger partial charge in [-0.2, -0.15) is 0 Å². The van der Waals surface area contributed by atoms with Gasteiger partial charge in [-0.3, -0.25) is 14.1 Å². The molecule has 0 aromatic carbocycles. The summed E-state index contributed by atoms with van der Waals surface area (Å²) < 4.78 is 26.0. The van der Waals surface area contributed by atoms with E-state index in [1.807, 2.05) is 0 Å². The minimum absolute atomic E-state index is 0.204. The third kappa shape index (κ3) is 27.6. The normalized spacial score (nSPS) is 12.6. The molecule has 0 aromatic heterocycles. The number of rotatable bonds is 26. The van der Waals surface area contributed by atoms with Crippen LogP contribution in [0.15, 0.2) is 12.2 Å². The Morgan fingerprint density at radius 3 is 1.76 bits per heavy atom. The van der Waals surface area contributed by atoms with Gasteiger partial charge in [0.05, 0.1) is 6.61 Å². The Morgan fingerprint density at radius 1 is 0.676 bits per heavy atom. The van der Waals surface area contributed by atoms with Gasteiger partial charge in [-0.15, -0.1) is 0 Å². The number of phosphoric ester groups is 1. The van der Waals surface area contributed by atoms with E-state index in [1.165, 1.54) is 44.9 Å². The van der Waals surface area contributed by atoms with Gasteiger partial charge in [0.1, 0.15) is 6.61 Å². The molecule has 8 nitrogen and oxygen atoms in total. The predicted molar refractivity (Wildman–Crippen MR) is 147 cm³/mol. The molecule has 0 aromatic rings. The Bertz CT molecular complexity index is 632. The minimum Gasteiger partial charge on any atom is -0.462 e. The van der Waals surface area contributed by atoms with E-state index in [4.69, 9.17) is 19.3 Å². The molecule has 1 atom stereocenters. The number of ether oxygens (including phenoxy) is 2. The molecule has 9 heteroatoms. The standard InChI is InChI=1S/C28H53O8P/c1-3-5-7-9-11-13-15-17-19-21-23-28(30)36-26(25-35-37(31,32)33)24-34-27(29)22-20-18-16-14-12-10-8-6-4-2/h7,9,26H,3-6,8,10-25H2,1-2H3,(H2,31,32,33)/b9-7-. The van der Waals surface area contributed by atoms with Crippen LogP contribution in [0.2, 0.25) is 0 Å². The first-order valence-electron chi connectivity index (χ1n) is 14.5. The monoisotopic (exact) mass is 548 g/mol. The van der Waals surface area contributed by atoms with Crippen molar-refractivity contribution in [1.82, 2.24) is 0 Å². The molecule has 0 saturated carbocycles. The van der Waals surface area contributed by atoms with Gasteiger partial charge < -0.3 is 19.3 Å². The van der Waals surface area contributed by atoms with Gasteiger partial charge in [-0.05, 0) is 32.1 Å². The number of allylic oxidation sites excluding steroid dienone is 2. The second-order valence-corrected chi connectivity index (χ2v) is 11.0. The van der Waals surface area contributed by atoms with E-state index in [9.17, 15) is 14.2 Å². The fraction of sp³-hybridized carbons (Fsp3) is 0.857. The third-order valence-electron chi connectivity index (χ3n) is 6.02. The summed E-state index contributed by atoms with van der Waals surface area (Å²) in [7, 11) is -4.73. The lowest BCUT2D eigenvalue weighted by Crippen LogP contribution is -2.29. The highest BCUT2D eigenvalue weighted by Gasteiger charge is 2.22. The Labute approximate surface area is 225 Å². The molecule has 1 unspecified atom stereocenters. The molecular weight excluding hydrogens is 495 g/mol. The molecule has 0 bridgehead atoms. The average molecular weight is 549 g/mol. The molecule has 37 heavy (non-hydrogen) atoms. The summed E-state index contributed by atoms with van der Waals surface area (Å²) >= 11 is 0. The van der Waals surface area contributed by atoms with E-state index >= 15 is 0 Å². The molecule has 0 spiro atoms. The SMILES string of the molecule is CCC/C=C\CCCCCCCC(=O)OC(COC(=O)CCCCCCCCCCC)COP(=O)(O)O. The van der Waals surface area contributed by atoms with Crippen LogP contribution in [-0.2, 0) is 28.2 Å². The van der Waals surface area contributed by atoms with Gasteiger partial charge >= 0.3 is 19.8 Å². The number of esters is 2. The molecule has 0 amide bonds. The molecule has 0 heterocycles. The number of phosphoric acid groups is 1. The smallest absolute Gasteiger partial charge is 0.462 e. The fourth-order valence-corrected chi connectivity index (χ4v) is 4.20. The first kappa shape index (κ1) is 35.8. The second-order valence-electron chi connectivity index (χ2n) is 9.73. The van der Waals surface area contributed by atoms with Gasteiger partial charge in [0.15, 0.2) is 6.10 Å². The van der Waals surface area contributed by atoms with E-state index in [1.54, 1.807) is 0 Å². The van der Waals surface area contributed by atoms with Crippen molar-refractivity contribution < 1.29 is 37.9 Å². The maximum atomic E-state index is 12.2. The van der Waals surface area contributed by atoms with E-state index in [2.05, 4.69) is 30.5 Å². The summed E-state index contributed by atoms with van der Waals surface area (Å²) in [5, 5.41) is 0. The van der Waals surface area contributed by atoms with Crippen molar-refractivity contribution in [3.8, 4) is 0 Å². The van der Waals surface area contributed by atoms with Crippen molar-refractivity contribution in [1.29, 1.82) is 0 Å². The first-order valence-corrected chi connectivity index (χ1v) is 16.0. The molecule has 0 aliphatic rings. The maximum Gasteiger partial charge on any atom is 0.469 e. The zero-order chi connectivity index (χ0) is 27.6. The summed E-state index contributed by atoms with van der Waals surface area (Å²) in [6.07, 6.45) is 22.4. The molecule has 2 N–H and O–H groups in total. The van der Waals surface area contributed by atoms with Crippen LogP contribution in [0.3, 0.4) is 0 Å². The fourth-order valence-electron chi connectivity index (χ4n) is 3.84. The molecular formula is C28H53O8P. The van der Waals surface area contributed by atoms with Gasteiger partial charge in [0.25, 0.3) is 0 Å². The van der Waals surface area contributed by atoms with Crippen LogP contribution in [0.5, 0.6) is 0 Å². The van der Waals surface area contributed by atoms with Gasteiger partial charge in [0, 0.05) is 12.8 Å². The van der Waals surface area contributed by atoms with Crippen LogP contribution >= 0.6 is 7.82 Å². The second kappa shape index (κ2) is 25.1. The number of carbonyl (C=O) groups excluding carboxylic acids is 2. The first-order chi connectivity index (χ1) is 17.8.